The summed E-state index contributed by atoms with van der Waals surface area (Å²) < 4.78 is 12.1. The summed E-state index contributed by atoms with van der Waals surface area (Å²) in [6.07, 6.45) is 2.92. The Bertz CT molecular complexity index is 322. The molecule has 1 fully saturated rings. The van der Waals surface area contributed by atoms with Gasteiger partial charge in [0.2, 0.25) is 0 Å². The minimum absolute atomic E-state index is 0.0969. The van der Waals surface area contributed by atoms with Crippen LogP contribution >= 0.6 is 0 Å². The predicted octanol–water partition coefficient (Wildman–Crippen LogP) is 3.74. The van der Waals surface area contributed by atoms with Crippen molar-refractivity contribution < 1.29 is 14.3 Å². The van der Waals surface area contributed by atoms with Crippen LogP contribution < -0.4 is 0 Å². The van der Waals surface area contributed by atoms with E-state index in [2.05, 4.69) is 47.4 Å². The van der Waals surface area contributed by atoms with E-state index in [-0.39, 0.29) is 17.2 Å². The highest BCUT2D eigenvalue weighted by atomic mass is 28.4. The molecule has 1 aliphatic heterocycles. The third-order valence-corrected chi connectivity index (χ3v) is 9.42. The fourth-order valence-electron chi connectivity index (χ4n) is 2.30. The average molecular weight is 301 g/mol. The zero-order valence-corrected chi connectivity index (χ0v) is 15.0. The van der Waals surface area contributed by atoms with Crippen LogP contribution in [0, 0.1) is 5.92 Å². The molecule has 0 saturated carbocycles. The molecule has 1 rings (SSSR count). The lowest BCUT2D eigenvalue weighted by molar-refractivity contribution is -0.0261. The summed E-state index contributed by atoms with van der Waals surface area (Å²) in [5.74, 6) is 0.470. The van der Waals surface area contributed by atoms with Gasteiger partial charge in [-0.2, -0.15) is 0 Å². The first-order valence-electron chi connectivity index (χ1n) is 7.68. The zero-order chi connectivity index (χ0) is 15.6. The van der Waals surface area contributed by atoms with Gasteiger partial charge < -0.3 is 14.3 Å². The molecule has 0 radical (unpaired) electrons. The normalized spacial score (nSPS) is 29.4. The maximum Gasteiger partial charge on any atom is 0.191 e. The second kappa shape index (κ2) is 6.73. The van der Waals surface area contributed by atoms with Crippen LogP contribution in [0.25, 0.3) is 0 Å². The van der Waals surface area contributed by atoms with Gasteiger partial charge in [-0.25, -0.2) is 0 Å². The zero-order valence-electron chi connectivity index (χ0n) is 14.0. The molecule has 20 heavy (non-hydrogen) atoms. The number of hydrogen-bond acceptors (Lipinski definition) is 3. The standard InChI is InChI=1S/C16H32O3Si/c1-8-13(17)15-11-12(2)14(19-15)9-10-18-20(6,7)16(3,4)5/h8,12-15,17H,1,9-11H2,2-7H3/t12-,13-,14+,15-/m1/s1. The van der Waals surface area contributed by atoms with E-state index in [0.29, 0.717) is 5.92 Å². The molecule has 1 aliphatic rings. The highest BCUT2D eigenvalue weighted by Crippen LogP contribution is 2.37. The van der Waals surface area contributed by atoms with Gasteiger partial charge in [-0.1, -0.05) is 33.8 Å². The molecule has 1 heterocycles. The summed E-state index contributed by atoms with van der Waals surface area (Å²) in [7, 11) is -1.67. The van der Waals surface area contributed by atoms with E-state index in [4.69, 9.17) is 9.16 Å². The van der Waals surface area contributed by atoms with Crippen molar-refractivity contribution in [2.75, 3.05) is 6.61 Å². The summed E-state index contributed by atoms with van der Waals surface area (Å²) in [5.41, 5.74) is 0. The van der Waals surface area contributed by atoms with Gasteiger partial charge in [0, 0.05) is 6.61 Å². The summed E-state index contributed by atoms with van der Waals surface area (Å²) in [4.78, 5) is 0. The maximum absolute atomic E-state index is 9.79. The first-order valence-corrected chi connectivity index (χ1v) is 10.6. The van der Waals surface area contributed by atoms with Crippen LogP contribution in [0.1, 0.15) is 40.5 Å². The van der Waals surface area contributed by atoms with Gasteiger partial charge in [-0.05, 0) is 36.9 Å². The lowest BCUT2D eigenvalue weighted by Crippen LogP contribution is -2.41. The Hall–Kier alpha value is -0.163. The molecule has 0 spiro atoms. The van der Waals surface area contributed by atoms with Crippen LogP contribution in [-0.2, 0) is 9.16 Å². The van der Waals surface area contributed by atoms with Gasteiger partial charge in [-0.15, -0.1) is 6.58 Å². The molecular weight excluding hydrogens is 268 g/mol. The van der Waals surface area contributed by atoms with E-state index in [1.807, 2.05) is 0 Å². The number of hydrogen-bond donors (Lipinski definition) is 1. The quantitative estimate of drug-likeness (QED) is 0.600. The fourth-order valence-corrected chi connectivity index (χ4v) is 3.36. The number of aliphatic hydroxyl groups excluding tert-OH is 1. The minimum Gasteiger partial charge on any atom is -0.417 e. The van der Waals surface area contributed by atoms with Crippen molar-refractivity contribution in [2.24, 2.45) is 5.92 Å². The van der Waals surface area contributed by atoms with E-state index < -0.39 is 14.4 Å². The number of aliphatic hydroxyl groups is 1. The van der Waals surface area contributed by atoms with Crippen LogP contribution in [0.4, 0.5) is 0 Å². The van der Waals surface area contributed by atoms with Gasteiger partial charge >= 0.3 is 0 Å². The smallest absolute Gasteiger partial charge is 0.191 e. The maximum atomic E-state index is 9.79. The van der Waals surface area contributed by atoms with Crippen molar-refractivity contribution in [3.8, 4) is 0 Å². The SMILES string of the molecule is C=C[C@@H](O)[C@H]1C[C@@H](C)[C@H](CCO[Si](C)(C)C(C)(C)C)O1. The molecule has 0 unspecified atom stereocenters. The highest BCUT2D eigenvalue weighted by molar-refractivity contribution is 6.74. The van der Waals surface area contributed by atoms with Gasteiger partial charge in [0.25, 0.3) is 0 Å². The van der Waals surface area contributed by atoms with Crippen LogP contribution in [0.5, 0.6) is 0 Å². The Morgan fingerprint density at radius 1 is 1.45 bits per heavy atom. The van der Waals surface area contributed by atoms with Crippen LogP contribution in [0.15, 0.2) is 12.7 Å². The molecule has 4 heteroatoms. The Morgan fingerprint density at radius 2 is 2.05 bits per heavy atom. The molecule has 0 aliphatic carbocycles. The molecule has 0 aromatic heterocycles. The van der Waals surface area contributed by atoms with Crippen LogP contribution in [0.2, 0.25) is 18.1 Å². The molecule has 1 N–H and O–H groups in total. The predicted molar refractivity (Wildman–Crippen MR) is 86.4 cm³/mol. The van der Waals surface area contributed by atoms with Gasteiger partial charge in [0.05, 0.1) is 18.3 Å². The van der Waals surface area contributed by atoms with E-state index in [1.165, 1.54) is 0 Å². The van der Waals surface area contributed by atoms with Crippen molar-refractivity contribution in [3.63, 3.8) is 0 Å². The molecule has 1 saturated heterocycles. The Labute approximate surface area is 125 Å². The number of rotatable bonds is 6. The molecule has 0 aromatic carbocycles. The molecular formula is C16H32O3Si. The topological polar surface area (TPSA) is 38.7 Å². The van der Waals surface area contributed by atoms with Gasteiger partial charge in [0.15, 0.2) is 8.32 Å². The fraction of sp³-hybridized carbons (Fsp3) is 0.875. The van der Waals surface area contributed by atoms with Gasteiger partial charge in [-0.3, -0.25) is 0 Å². The van der Waals surface area contributed by atoms with Crippen molar-refractivity contribution >= 4 is 8.32 Å². The minimum atomic E-state index is -1.67. The van der Waals surface area contributed by atoms with Crippen LogP contribution in [-0.4, -0.2) is 38.3 Å². The lowest BCUT2D eigenvalue weighted by Gasteiger charge is -2.36. The van der Waals surface area contributed by atoms with E-state index in [9.17, 15) is 5.11 Å². The van der Waals surface area contributed by atoms with E-state index >= 15 is 0 Å². The first-order chi connectivity index (χ1) is 9.08. The third kappa shape index (κ3) is 4.42. The first kappa shape index (κ1) is 17.9. The van der Waals surface area contributed by atoms with Crippen molar-refractivity contribution in [2.45, 2.75) is 77.0 Å². The Kier molecular flexibility index (Phi) is 6.02. The Morgan fingerprint density at radius 3 is 2.55 bits per heavy atom. The number of ether oxygens (including phenoxy) is 1. The Balaban J connectivity index is 2.42. The lowest BCUT2D eigenvalue weighted by atomic mass is 9.98. The molecule has 3 nitrogen and oxygen atoms in total. The summed E-state index contributed by atoms with van der Waals surface area (Å²) in [6.45, 7) is 17.9. The molecule has 4 atom stereocenters. The van der Waals surface area contributed by atoms with E-state index in [0.717, 1.165) is 19.4 Å². The molecule has 0 aromatic rings. The largest absolute Gasteiger partial charge is 0.417 e. The van der Waals surface area contributed by atoms with Crippen LogP contribution in [0.3, 0.4) is 0 Å². The second-order valence-corrected chi connectivity index (χ2v) is 12.4. The van der Waals surface area contributed by atoms with Gasteiger partial charge in [0.1, 0.15) is 0 Å². The molecule has 0 bridgehead atoms. The van der Waals surface area contributed by atoms with Crippen molar-refractivity contribution in [3.05, 3.63) is 12.7 Å². The highest BCUT2D eigenvalue weighted by Gasteiger charge is 2.38. The van der Waals surface area contributed by atoms with Crippen molar-refractivity contribution in [1.29, 1.82) is 0 Å². The third-order valence-electron chi connectivity index (χ3n) is 4.88. The monoisotopic (exact) mass is 300 g/mol. The summed E-state index contributed by atoms with van der Waals surface area (Å²) in [6, 6.07) is 0. The second-order valence-electron chi connectivity index (χ2n) is 7.55. The van der Waals surface area contributed by atoms with Crippen molar-refractivity contribution in [1.82, 2.24) is 0 Å². The molecule has 118 valence electrons. The van der Waals surface area contributed by atoms with E-state index in [1.54, 1.807) is 6.08 Å². The summed E-state index contributed by atoms with van der Waals surface area (Å²) >= 11 is 0. The summed E-state index contributed by atoms with van der Waals surface area (Å²) in [5, 5.41) is 10.0. The molecule has 0 amide bonds. The average Bonchev–Trinajstić information content (AvgIpc) is 2.68.